The van der Waals surface area contributed by atoms with Crippen molar-refractivity contribution in [1.29, 1.82) is 0 Å². The molecule has 1 rings (SSSR count). The molecule has 0 saturated heterocycles. The van der Waals surface area contributed by atoms with Gasteiger partial charge in [-0.3, -0.25) is 0 Å². The van der Waals surface area contributed by atoms with Gasteiger partial charge in [-0.05, 0) is 50.9 Å². The van der Waals surface area contributed by atoms with Crippen LogP contribution in [0.4, 0.5) is 0 Å². The van der Waals surface area contributed by atoms with Crippen LogP contribution in [-0.2, 0) is 0 Å². The largest absolute Gasteiger partial charge is 0.390 e. The predicted octanol–water partition coefficient (Wildman–Crippen LogP) is 3.61. The van der Waals surface area contributed by atoms with Gasteiger partial charge >= 0.3 is 0 Å². The molecule has 0 aromatic carbocycles. The summed E-state index contributed by atoms with van der Waals surface area (Å²) in [7, 11) is 0. The fourth-order valence-corrected chi connectivity index (χ4v) is 2.81. The van der Waals surface area contributed by atoms with Crippen LogP contribution in [-0.4, -0.2) is 10.7 Å². The predicted molar refractivity (Wildman–Crippen MR) is 61.2 cm³/mol. The molecule has 0 amide bonds. The number of hydrogen-bond donors (Lipinski definition) is 1. The average molecular weight is 198 g/mol. The lowest BCUT2D eigenvalue weighted by Gasteiger charge is -2.40. The minimum Gasteiger partial charge on any atom is -0.390 e. The minimum absolute atomic E-state index is 0.471. The van der Waals surface area contributed by atoms with Crippen molar-refractivity contribution in [1.82, 2.24) is 0 Å². The van der Waals surface area contributed by atoms with E-state index in [1.807, 2.05) is 13.8 Å². The maximum Gasteiger partial charge on any atom is 0.0620 e. The Morgan fingerprint density at radius 3 is 1.71 bits per heavy atom. The van der Waals surface area contributed by atoms with E-state index in [-0.39, 0.29) is 0 Å². The first-order chi connectivity index (χ1) is 6.47. The molecular weight excluding hydrogens is 172 g/mol. The van der Waals surface area contributed by atoms with Crippen molar-refractivity contribution in [2.75, 3.05) is 0 Å². The van der Waals surface area contributed by atoms with Gasteiger partial charge in [0.25, 0.3) is 0 Å². The minimum atomic E-state index is -0.471. The molecule has 0 aromatic rings. The van der Waals surface area contributed by atoms with E-state index in [0.717, 1.165) is 11.8 Å². The Kier molecular flexibility index (Phi) is 4.00. The van der Waals surface area contributed by atoms with Crippen molar-refractivity contribution >= 4 is 0 Å². The molecule has 1 saturated carbocycles. The Morgan fingerprint density at radius 1 is 1.00 bits per heavy atom. The zero-order chi connectivity index (χ0) is 10.8. The quantitative estimate of drug-likeness (QED) is 0.734. The van der Waals surface area contributed by atoms with Crippen LogP contribution in [0.1, 0.15) is 59.8 Å². The zero-order valence-electron chi connectivity index (χ0n) is 10.2. The van der Waals surface area contributed by atoms with Crippen molar-refractivity contribution in [3.05, 3.63) is 0 Å². The smallest absolute Gasteiger partial charge is 0.0620 e. The standard InChI is InChI=1S/C13H26O/c1-5-10-7-11(6-2)9-12(8-10)13(3,4)14/h10-12,14H,5-9H2,1-4H3. The second kappa shape index (κ2) is 4.65. The van der Waals surface area contributed by atoms with Gasteiger partial charge in [0, 0.05) is 0 Å². The molecule has 0 bridgehead atoms. The summed E-state index contributed by atoms with van der Waals surface area (Å²) < 4.78 is 0. The van der Waals surface area contributed by atoms with E-state index in [0.29, 0.717) is 5.92 Å². The monoisotopic (exact) mass is 198 g/mol. The first kappa shape index (κ1) is 12.0. The molecule has 2 atom stereocenters. The molecule has 14 heavy (non-hydrogen) atoms. The lowest BCUT2D eigenvalue weighted by atomic mass is 9.68. The topological polar surface area (TPSA) is 20.2 Å². The third kappa shape index (κ3) is 2.98. The summed E-state index contributed by atoms with van der Waals surface area (Å²) in [6, 6.07) is 0. The van der Waals surface area contributed by atoms with Crippen molar-refractivity contribution in [3.63, 3.8) is 0 Å². The molecule has 1 N–H and O–H groups in total. The molecule has 1 heteroatoms. The van der Waals surface area contributed by atoms with E-state index in [2.05, 4.69) is 13.8 Å². The summed E-state index contributed by atoms with van der Waals surface area (Å²) in [5.41, 5.74) is -0.471. The molecule has 2 unspecified atom stereocenters. The van der Waals surface area contributed by atoms with Crippen LogP contribution in [0.2, 0.25) is 0 Å². The van der Waals surface area contributed by atoms with Crippen molar-refractivity contribution < 1.29 is 5.11 Å². The van der Waals surface area contributed by atoms with Crippen LogP contribution in [0.3, 0.4) is 0 Å². The highest BCUT2D eigenvalue weighted by atomic mass is 16.3. The highest BCUT2D eigenvalue weighted by Crippen LogP contribution is 2.41. The lowest BCUT2D eigenvalue weighted by molar-refractivity contribution is -0.0229. The molecule has 0 heterocycles. The van der Waals surface area contributed by atoms with Gasteiger partial charge in [0.05, 0.1) is 5.60 Å². The van der Waals surface area contributed by atoms with E-state index in [1.165, 1.54) is 32.1 Å². The molecule has 1 fully saturated rings. The summed E-state index contributed by atoms with van der Waals surface area (Å²) in [5.74, 6) is 2.22. The first-order valence-corrected chi connectivity index (χ1v) is 6.19. The van der Waals surface area contributed by atoms with E-state index in [1.54, 1.807) is 0 Å². The Balaban J connectivity index is 2.60. The molecule has 1 nitrogen and oxygen atoms in total. The van der Waals surface area contributed by atoms with Crippen LogP contribution in [0.5, 0.6) is 0 Å². The fourth-order valence-electron chi connectivity index (χ4n) is 2.81. The van der Waals surface area contributed by atoms with Gasteiger partial charge in [0.1, 0.15) is 0 Å². The summed E-state index contributed by atoms with van der Waals surface area (Å²) in [6.45, 7) is 8.51. The lowest BCUT2D eigenvalue weighted by Crippen LogP contribution is -2.37. The average Bonchev–Trinajstić information content (AvgIpc) is 2.15. The molecular formula is C13H26O. The first-order valence-electron chi connectivity index (χ1n) is 6.19. The number of rotatable bonds is 3. The third-order valence-corrected chi connectivity index (χ3v) is 4.06. The normalized spacial score (nSPS) is 34.5. The Morgan fingerprint density at radius 2 is 1.43 bits per heavy atom. The summed E-state index contributed by atoms with van der Waals surface area (Å²) >= 11 is 0. The van der Waals surface area contributed by atoms with Crippen LogP contribution in [0.15, 0.2) is 0 Å². The third-order valence-electron chi connectivity index (χ3n) is 4.06. The second-order valence-electron chi connectivity index (χ2n) is 5.61. The van der Waals surface area contributed by atoms with Crippen molar-refractivity contribution in [3.8, 4) is 0 Å². The van der Waals surface area contributed by atoms with Gasteiger partial charge < -0.3 is 5.11 Å². The zero-order valence-corrected chi connectivity index (χ0v) is 10.2. The van der Waals surface area contributed by atoms with Gasteiger partial charge in [-0.25, -0.2) is 0 Å². The number of aliphatic hydroxyl groups is 1. The van der Waals surface area contributed by atoms with Gasteiger partial charge in [-0.15, -0.1) is 0 Å². The molecule has 0 spiro atoms. The van der Waals surface area contributed by atoms with Gasteiger partial charge in [-0.1, -0.05) is 26.7 Å². The second-order valence-corrected chi connectivity index (χ2v) is 5.61. The maximum atomic E-state index is 10.1. The van der Waals surface area contributed by atoms with E-state index in [9.17, 15) is 5.11 Å². The molecule has 0 aromatic heterocycles. The van der Waals surface area contributed by atoms with Crippen LogP contribution in [0, 0.1) is 17.8 Å². The molecule has 84 valence electrons. The van der Waals surface area contributed by atoms with E-state index in [4.69, 9.17) is 0 Å². The Hall–Kier alpha value is -0.0400. The summed E-state index contributed by atoms with van der Waals surface area (Å²) in [5, 5.41) is 10.1. The maximum absolute atomic E-state index is 10.1. The van der Waals surface area contributed by atoms with Crippen molar-refractivity contribution in [2.45, 2.75) is 65.4 Å². The van der Waals surface area contributed by atoms with Crippen LogP contribution >= 0.6 is 0 Å². The van der Waals surface area contributed by atoms with E-state index >= 15 is 0 Å². The van der Waals surface area contributed by atoms with Gasteiger partial charge in [-0.2, -0.15) is 0 Å². The Bertz CT molecular complexity index is 157. The highest BCUT2D eigenvalue weighted by molar-refractivity contribution is 4.86. The fraction of sp³-hybridized carbons (Fsp3) is 1.00. The van der Waals surface area contributed by atoms with Crippen LogP contribution in [0.25, 0.3) is 0 Å². The van der Waals surface area contributed by atoms with Crippen molar-refractivity contribution in [2.24, 2.45) is 17.8 Å². The highest BCUT2D eigenvalue weighted by Gasteiger charge is 2.35. The Labute approximate surface area is 88.9 Å². The molecule has 0 radical (unpaired) electrons. The van der Waals surface area contributed by atoms with Gasteiger partial charge in [0.15, 0.2) is 0 Å². The summed E-state index contributed by atoms with van der Waals surface area (Å²) in [6.07, 6.45) is 6.42. The summed E-state index contributed by atoms with van der Waals surface area (Å²) in [4.78, 5) is 0. The van der Waals surface area contributed by atoms with Crippen LogP contribution < -0.4 is 0 Å². The van der Waals surface area contributed by atoms with E-state index < -0.39 is 5.60 Å². The molecule has 1 aliphatic carbocycles. The van der Waals surface area contributed by atoms with Gasteiger partial charge in [0.2, 0.25) is 0 Å². The number of hydrogen-bond acceptors (Lipinski definition) is 1. The molecule has 1 aliphatic rings. The SMILES string of the molecule is CCC1CC(CC)CC(C(C)(C)O)C1. The molecule has 0 aliphatic heterocycles.